The summed E-state index contributed by atoms with van der Waals surface area (Å²) in [6, 6.07) is 9.03. The molecule has 0 saturated heterocycles. The summed E-state index contributed by atoms with van der Waals surface area (Å²) in [6.07, 6.45) is 7.45. The number of nitrogens with two attached hydrogens (primary N) is 1. The lowest BCUT2D eigenvalue weighted by atomic mass is 9.85. The maximum Gasteiger partial charge on any atom is 0.339 e. The number of anilines is 1. The maximum absolute atomic E-state index is 12.9. The SMILES string of the molecule is COC(=O)C(OC1CC1)c1c(C)c(N)cc(C2CC2)c1-c1ccc2c(c1)CCCP2. The van der Waals surface area contributed by atoms with Gasteiger partial charge in [0.15, 0.2) is 6.10 Å². The number of carbonyl (C=O) groups excluding carboxylic acids is 1. The van der Waals surface area contributed by atoms with Crippen LogP contribution in [0.2, 0.25) is 0 Å². The molecule has 30 heavy (non-hydrogen) atoms. The summed E-state index contributed by atoms with van der Waals surface area (Å²) in [6.45, 7) is 2.01. The Hall–Kier alpha value is -1.90. The summed E-state index contributed by atoms with van der Waals surface area (Å²) in [5, 5.41) is 1.49. The molecule has 2 aromatic rings. The van der Waals surface area contributed by atoms with Crippen LogP contribution in [-0.2, 0) is 20.7 Å². The van der Waals surface area contributed by atoms with Crippen LogP contribution in [-0.4, -0.2) is 25.3 Å². The molecule has 1 heterocycles. The van der Waals surface area contributed by atoms with Crippen molar-refractivity contribution in [3.8, 4) is 11.1 Å². The van der Waals surface area contributed by atoms with Crippen molar-refractivity contribution in [2.75, 3.05) is 19.0 Å². The van der Waals surface area contributed by atoms with Gasteiger partial charge in [0.05, 0.1) is 13.2 Å². The van der Waals surface area contributed by atoms with Gasteiger partial charge >= 0.3 is 5.97 Å². The highest BCUT2D eigenvalue weighted by atomic mass is 31.1. The first kappa shape index (κ1) is 20.0. The normalized spacial score (nSPS) is 20.1. The first-order chi connectivity index (χ1) is 14.6. The molecule has 0 amide bonds. The number of methoxy groups -OCH3 is 1. The van der Waals surface area contributed by atoms with Crippen LogP contribution in [0.4, 0.5) is 5.69 Å². The van der Waals surface area contributed by atoms with Gasteiger partial charge in [0.2, 0.25) is 0 Å². The van der Waals surface area contributed by atoms with Gasteiger partial charge in [-0.15, -0.1) is 0 Å². The van der Waals surface area contributed by atoms with Crippen molar-refractivity contribution in [3.05, 3.63) is 46.5 Å². The average molecular weight is 423 g/mol. The van der Waals surface area contributed by atoms with Gasteiger partial charge in [0.1, 0.15) is 0 Å². The standard InChI is InChI=1S/C25H30NO3P/c1-14-20(26)13-19(15-5-6-15)23(17-7-10-21-16(12-17)4-3-11-30-21)22(14)24(25(27)28-2)29-18-8-9-18/h7,10,12-13,15,18,24,30H,3-6,8-9,11,26H2,1-2H3. The molecular formula is C25H30NO3P. The number of hydrogen-bond acceptors (Lipinski definition) is 4. The van der Waals surface area contributed by atoms with Gasteiger partial charge in [-0.25, -0.2) is 4.79 Å². The van der Waals surface area contributed by atoms with E-state index >= 15 is 0 Å². The van der Waals surface area contributed by atoms with Crippen LogP contribution in [0.5, 0.6) is 0 Å². The summed E-state index contributed by atoms with van der Waals surface area (Å²) >= 11 is 0. The number of carbonyl (C=O) groups is 1. The van der Waals surface area contributed by atoms with Crippen molar-refractivity contribution in [1.29, 1.82) is 0 Å². The van der Waals surface area contributed by atoms with Crippen LogP contribution in [0.25, 0.3) is 11.1 Å². The number of fused-ring (bicyclic) bond motifs is 1. The van der Waals surface area contributed by atoms with Gasteiger partial charge in [-0.2, -0.15) is 0 Å². The second-order valence-electron chi connectivity index (χ2n) is 8.88. The molecule has 2 atom stereocenters. The molecule has 0 bridgehead atoms. The fourth-order valence-corrected chi connectivity index (χ4v) is 5.84. The molecule has 2 unspecified atom stereocenters. The third-order valence-electron chi connectivity index (χ3n) is 6.59. The largest absolute Gasteiger partial charge is 0.467 e. The Balaban J connectivity index is 1.72. The van der Waals surface area contributed by atoms with Gasteiger partial charge < -0.3 is 15.2 Å². The maximum atomic E-state index is 12.9. The number of esters is 1. The van der Waals surface area contributed by atoms with Crippen molar-refractivity contribution in [2.24, 2.45) is 0 Å². The summed E-state index contributed by atoms with van der Waals surface area (Å²) in [5.74, 6) is 0.178. The van der Waals surface area contributed by atoms with Crippen LogP contribution in [0, 0.1) is 6.92 Å². The van der Waals surface area contributed by atoms with Gasteiger partial charge in [0, 0.05) is 11.3 Å². The van der Waals surface area contributed by atoms with E-state index in [1.54, 1.807) is 0 Å². The number of aryl methyl sites for hydroxylation is 1. The van der Waals surface area contributed by atoms with Crippen molar-refractivity contribution < 1.29 is 14.3 Å². The van der Waals surface area contributed by atoms with Gasteiger partial charge in [-0.1, -0.05) is 26.8 Å². The highest BCUT2D eigenvalue weighted by Crippen LogP contribution is 2.50. The van der Waals surface area contributed by atoms with Crippen LogP contribution in [0.3, 0.4) is 0 Å². The Morgan fingerprint density at radius 3 is 2.70 bits per heavy atom. The smallest absolute Gasteiger partial charge is 0.339 e. The summed E-state index contributed by atoms with van der Waals surface area (Å²) < 4.78 is 11.4. The van der Waals surface area contributed by atoms with Crippen molar-refractivity contribution in [1.82, 2.24) is 0 Å². The zero-order chi connectivity index (χ0) is 20.8. The first-order valence-corrected chi connectivity index (χ1v) is 12.3. The summed E-state index contributed by atoms with van der Waals surface area (Å²) in [4.78, 5) is 12.9. The third kappa shape index (κ3) is 3.76. The Labute approximate surface area is 180 Å². The van der Waals surface area contributed by atoms with Gasteiger partial charge in [0.25, 0.3) is 0 Å². The van der Waals surface area contributed by atoms with E-state index in [1.807, 2.05) is 6.92 Å². The van der Waals surface area contributed by atoms with Crippen LogP contribution < -0.4 is 11.0 Å². The lowest BCUT2D eigenvalue weighted by molar-refractivity contribution is -0.155. The predicted octanol–water partition coefficient (Wildman–Crippen LogP) is 4.76. The van der Waals surface area contributed by atoms with E-state index in [-0.39, 0.29) is 12.1 Å². The molecule has 0 spiro atoms. The van der Waals surface area contributed by atoms with Gasteiger partial charge in [-0.3, -0.25) is 0 Å². The molecule has 2 N–H and O–H groups in total. The molecule has 2 aliphatic carbocycles. The van der Waals surface area contributed by atoms with E-state index in [2.05, 4.69) is 24.3 Å². The Kier molecular flexibility index (Phi) is 5.33. The van der Waals surface area contributed by atoms with Crippen molar-refractivity contribution in [2.45, 2.75) is 63.6 Å². The van der Waals surface area contributed by atoms with Crippen molar-refractivity contribution in [3.63, 3.8) is 0 Å². The average Bonchev–Trinajstić information content (AvgIpc) is 3.67. The number of benzene rings is 2. The Morgan fingerprint density at radius 1 is 1.20 bits per heavy atom. The highest BCUT2D eigenvalue weighted by Gasteiger charge is 2.37. The zero-order valence-corrected chi connectivity index (χ0v) is 18.8. The number of rotatable bonds is 6. The minimum atomic E-state index is -0.726. The second-order valence-corrected chi connectivity index (χ2v) is 10.3. The number of ether oxygens (including phenoxy) is 2. The Bertz CT molecular complexity index is 994. The monoisotopic (exact) mass is 423 g/mol. The lowest BCUT2D eigenvalue weighted by Gasteiger charge is -2.26. The van der Waals surface area contributed by atoms with Gasteiger partial charge in [-0.05, 0) is 96.7 Å². The van der Waals surface area contributed by atoms with E-state index < -0.39 is 6.10 Å². The molecule has 1 aliphatic heterocycles. The molecule has 5 rings (SSSR count). The molecule has 158 valence electrons. The molecule has 5 heteroatoms. The molecule has 4 nitrogen and oxygen atoms in total. The van der Waals surface area contributed by atoms with Crippen LogP contribution >= 0.6 is 8.58 Å². The fourth-order valence-electron chi connectivity index (χ4n) is 4.59. The molecular weight excluding hydrogens is 393 g/mol. The minimum absolute atomic E-state index is 0.136. The fraction of sp³-hybridized carbons (Fsp3) is 0.480. The Morgan fingerprint density at radius 2 is 2.00 bits per heavy atom. The van der Waals surface area contributed by atoms with E-state index in [9.17, 15) is 4.79 Å². The molecule has 2 fully saturated rings. The topological polar surface area (TPSA) is 61.5 Å². The van der Waals surface area contributed by atoms with E-state index in [1.165, 1.54) is 54.5 Å². The first-order valence-electron chi connectivity index (χ1n) is 11.1. The lowest BCUT2D eigenvalue weighted by Crippen LogP contribution is -2.22. The second kappa shape index (κ2) is 7.98. The number of nitrogen functional groups attached to an aromatic ring is 1. The third-order valence-corrected chi connectivity index (χ3v) is 8.06. The highest BCUT2D eigenvalue weighted by molar-refractivity contribution is 7.47. The zero-order valence-electron chi connectivity index (χ0n) is 17.8. The summed E-state index contributed by atoms with van der Waals surface area (Å²) in [5.41, 5.74) is 14.1. The van der Waals surface area contributed by atoms with Crippen molar-refractivity contribution >= 4 is 25.5 Å². The van der Waals surface area contributed by atoms with E-state index in [4.69, 9.17) is 15.2 Å². The minimum Gasteiger partial charge on any atom is -0.467 e. The van der Waals surface area contributed by atoms with E-state index in [0.717, 1.165) is 50.2 Å². The molecule has 0 radical (unpaired) electrons. The van der Waals surface area contributed by atoms with E-state index in [0.29, 0.717) is 5.92 Å². The quantitative estimate of drug-likeness (QED) is 0.413. The van der Waals surface area contributed by atoms with Crippen LogP contribution in [0.15, 0.2) is 24.3 Å². The predicted molar refractivity (Wildman–Crippen MR) is 123 cm³/mol. The molecule has 2 saturated carbocycles. The molecule has 3 aliphatic rings. The molecule has 0 aromatic heterocycles. The molecule has 2 aromatic carbocycles. The number of hydrogen-bond donors (Lipinski definition) is 1. The summed E-state index contributed by atoms with van der Waals surface area (Å²) in [7, 11) is 2.34. The van der Waals surface area contributed by atoms with Crippen LogP contribution in [0.1, 0.15) is 66.4 Å².